The van der Waals surface area contributed by atoms with E-state index in [0.717, 1.165) is 16.5 Å². The van der Waals surface area contributed by atoms with E-state index < -0.39 is 12.1 Å². The second-order valence-electron chi connectivity index (χ2n) is 11.9. The van der Waals surface area contributed by atoms with Gasteiger partial charge in [0, 0.05) is 49.3 Å². The van der Waals surface area contributed by atoms with Gasteiger partial charge in [0.05, 0.1) is 31.2 Å². The molecule has 0 aliphatic carbocycles. The van der Waals surface area contributed by atoms with Crippen molar-refractivity contribution in [3.05, 3.63) is 71.2 Å². The van der Waals surface area contributed by atoms with E-state index in [1.807, 2.05) is 49.0 Å². The molecular formula is C33H40N6O6. The molecule has 12 nitrogen and oxygen atoms in total. The third kappa shape index (κ3) is 6.65. The molecule has 4 amide bonds. The number of aliphatic hydroxyl groups excluding tert-OH is 1. The number of carbonyl (C=O) groups excluding carboxylic acids is 3. The van der Waals surface area contributed by atoms with Crippen LogP contribution in [0.5, 0.6) is 5.75 Å². The molecule has 2 aromatic carbocycles. The highest BCUT2D eigenvalue weighted by molar-refractivity contribution is 6.01. The van der Waals surface area contributed by atoms with Crippen LogP contribution in [0.15, 0.2) is 53.2 Å². The highest BCUT2D eigenvalue weighted by atomic mass is 16.5. The molecule has 3 N–H and O–H groups in total. The van der Waals surface area contributed by atoms with Gasteiger partial charge in [0.15, 0.2) is 5.76 Å². The van der Waals surface area contributed by atoms with Crippen molar-refractivity contribution >= 4 is 40.1 Å². The van der Waals surface area contributed by atoms with E-state index >= 15 is 0 Å². The summed E-state index contributed by atoms with van der Waals surface area (Å²) in [5.74, 6) is 0.115. The maximum atomic E-state index is 13.8. The molecule has 12 heteroatoms. The summed E-state index contributed by atoms with van der Waals surface area (Å²) in [7, 11) is 3.61. The van der Waals surface area contributed by atoms with Crippen LogP contribution >= 0.6 is 0 Å². The largest absolute Gasteiger partial charge is 0.487 e. The molecule has 238 valence electrons. The van der Waals surface area contributed by atoms with Gasteiger partial charge in [0.2, 0.25) is 5.91 Å². The van der Waals surface area contributed by atoms with Gasteiger partial charge in [-0.3, -0.25) is 9.59 Å². The minimum atomic E-state index is -0.488. The van der Waals surface area contributed by atoms with Gasteiger partial charge in [-0.1, -0.05) is 30.3 Å². The van der Waals surface area contributed by atoms with E-state index in [-0.39, 0.29) is 48.9 Å². The summed E-state index contributed by atoms with van der Waals surface area (Å²) in [6.07, 6.45) is 1.62. The normalized spacial score (nSPS) is 17.2. The second kappa shape index (κ2) is 13.0. The first kappa shape index (κ1) is 31.6. The van der Waals surface area contributed by atoms with Crippen LogP contribution in [0, 0.1) is 19.8 Å². The molecule has 0 fully saturated rings. The van der Waals surface area contributed by atoms with Crippen LogP contribution in [0.1, 0.15) is 41.2 Å². The van der Waals surface area contributed by atoms with Crippen molar-refractivity contribution in [1.82, 2.24) is 19.5 Å². The molecule has 5 rings (SSSR count). The van der Waals surface area contributed by atoms with Gasteiger partial charge in [0.1, 0.15) is 23.2 Å². The van der Waals surface area contributed by atoms with Crippen LogP contribution in [0.25, 0.3) is 10.9 Å². The minimum Gasteiger partial charge on any atom is -0.487 e. The quantitative estimate of drug-likeness (QED) is 0.267. The summed E-state index contributed by atoms with van der Waals surface area (Å²) in [4.78, 5) is 43.1. The fourth-order valence-corrected chi connectivity index (χ4v) is 5.68. The van der Waals surface area contributed by atoms with Crippen LogP contribution in [0.4, 0.5) is 16.2 Å². The number of hydrogen-bond acceptors (Lipinski definition) is 7. The fourth-order valence-electron chi connectivity index (χ4n) is 5.68. The van der Waals surface area contributed by atoms with Crippen molar-refractivity contribution in [2.24, 2.45) is 13.0 Å². The number of carbonyl (C=O) groups is 3. The number of amides is 4. The Morgan fingerprint density at radius 3 is 2.64 bits per heavy atom. The maximum absolute atomic E-state index is 13.8. The first-order valence-corrected chi connectivity index (χ1v) is 15.0. The van der Waals surface area contributed by atoms with Gasteiger partial charge in [0.25, 0.3) is 5.91 Å². The highest BCUT2D eigenvalue weighted by Crippen LogP contribution is 2.31. The molecule has 1 aliphatic heterocycles. The number of anilines is 2. The Morgan fingerprint density at radius 1 is 1.18 bits per heavy atom. The summed E-state index contributed by atoms with van der Waals surface area (Å²) in [6, 6.07) is 12.1. The maximum Gasteiger partial charge on any atom is 0.321 e. The molecule has 0 unspecified atom stereocenters. The summed E-state index contributed by atoms with van der Waals surface area (Å²) in [5.41, 5.74) is 3.75. The summed E-state index contributed by atoms with van der Waals surface area (Å²) in [6.45, 7) is 7.48. The number of para-hydroxylation sites is 1. The van der Waals surface area contributed by atoms with Crippen molar-refractivity contribution in [1.29, 1.82) is 0 Å². The van der Waals surface area contributed by atoms with Gasteiger partial charge in [-0.15, -0.1) is 0 Å². The van der Waals surface area contributed by atoms with Crippen molar-refractivity contribution in [3.63, 3.8) is 0 Å². The molecule has 0 spiro atoms. The van der Waals surface area contributed by atoms with Gasteiger partial charge >= 0.3 is 6.03 Å². The van der Waals surface area contributed by atoms with Crippen LogP contribution in [-0.4, -0.2) is 81.4 Å². The number of urea groups is 1. The van der Waals surface area contributed by atoms with E-state index in [0.29, 0.717) is 35.1 Å². The van der Waals surface area contributed by atoms with Gasteiger partial charge < -0.3 is 39.4 Å². The zero-order chi connectivity index (χ0) is 32.4. The molecule has 3 heterocycles. The van der Waals surface area contributed by atoms with E-state index in [9.17, 15) is 19.5 Å². The Balaban J connectivity index is 1.37. The van der Waals surface area contributed by atoms with Crippen LogP contribution in [-0.2, 0) is 18.3 Å². The fraction of sp³-hybridized carbons (Fsp3) is 0.394. The van der Waals surface area contributed by atoms with Gasteiger partial charge in [-0.05, 0) is 50.6 Å². The number of hydrogen-bond donors (Lipinski definition) is 3. The van der Waals surface area contributed by atoms with Crippen molar-refractivity contribution in [2.45, 2.75) is 46.3 Å². The molecule has 1 aliphatic rings. The number of aryl methyl sites for hydroxylation is 3. The van der Waals surface area contributed by atoms with Crippen LogP contribution in [0.2, 0.25) is 0 Å². The summed E-state index contributed by atoms with van der Waals surface area (Å²) >= 11 is 0. The molecule has 0 radical (unpaired) electrons. The second-order valence-corrected chi connectivity index (χ2v) is 11.9. The van der Waals surface area contributed by atoms with Crippen LogP contribution in [0.3, 0.4) is 0 Å². The lowest BCUT2D eigenvalue weighted by molar-refractivity contribution is -0.115. The molecule has 2 aromatic heterocycles. The Hall–Kier alpha value is -4.84. The Kier molecular flexibility index (Phi) is 9.14. The number of ether oxygens (including phenoxy) is 1. The first-order chi connectivity index (χ1) is 21.5. The third-order valence-corrected chi connectivity index (χ3v) is 8.34. The third-order valence-electron chi connectivity index (χ3n) is 8.34. The standard InChI is InChI=1S/C33H40N6O6/c1-19-15-39(20(2)18-40)32(42)26-14-24(34-30(41)13-23-16-37(5)27-10-8-7-9-25(23)27)11-12-28(26)44-29(19)17-38(6)33(43)35-31-21(3)36-45-22(31)4/h7-12,14,16,19-20,29,40H,13,15,17-18H2,1-6H3,(H,34,41)(H,35,43)/t19-,20+,29+/m0/s1. The van der Waals surface area contributed by atoms with Crippen molar-refractivity contribution in [2.75, 3.05) is 37.4 Å². The molecular weight excluding hydrogens is 576 g/mol. The number of aliphatic hydroxyl groups is 1. The average Bonchev–Trinajstić information content (AvgIpc) is 3.51. The lowest BCUT2D eigenvalue weighted by atomic mass is 9.99. The molecule has 3 atom stereocenters. The lowest BCUT2D eigenvalue weighted by Crippen LogP contribution is -2.50. The van der Waals surface area contributed by atoms with Gasteiger partial charge in [-0.25, -0.2) is 4.79 Å². The number of benzene rings is 2. The monoisotopic (exact) mass is 616 g/mol. The molecule has 0 saturated heterocycles. The lowest BCUT2D eigenvalue weighted by Gasteiger charge is -2.38. The Morgan fingerprint density at radius 2 is 1.93 bits per heavy atom. The topological polar surface area (TPSA) is 142 Å². The number of nitrogens with zero attached hydrogens (tertiary/aromatic N) is 4. The van der Waals surface area contributed by atoms with Crippen LogP contribution < -0.4 is 15.4 Å². The Bertz CT molecular complexity index is 1710. The van der Waals surface area contributed by atoms with E-state index in [1.54, 1.807) is 50.9 Å². The van der Waals surface area contributed by atoms with E-state index in [1.165, 1.54) is 4.90 Å². The molecule has 0 saturated carbocycles. The smallest absolute Gasteiger partial charge is 0.321 e. The number of aromatic nitrogens is 2. The van der Waals surface area contributed by atoms with E-state index in [2.05, 4.69) is 15.8 Å². The highest BCUT2D eigenvalue weighted by Gasteiger charge is 2.34. The Labute approximate surface area is 261 Å². The number of nitrogens with one attached hydrogen (secondary N) is 2. The summed E-state index contributed by atoms with van der Waals surface area (Å²) < 4.78 is 13.6. The number of fused-ring (bicyclic) bond motifs is 2. The van der Waals surface area contributed by atoms with Crippen molar-refractivity contribution in [3.8, 4) is 5.75 Å². The zero-order valence-corrected chi connectivity index (χ0v) is 26.5. The first-order valence-electron chi connectivity index (χ1n) is 15.0. The number of rotatable bonds is 8. The van der Waals surface area contributed by atoms with Crippen molar-refractivity contribution < 1.29 is 28.8 Å². The van der Waals surface area contributed by atoms with E-state index in [4.69, 9.17) is 9.26 Å². The number of likely N-dealkylation sites (N-methyl/N-ethyl adjacent to an activating group) is 1. The SMILES string of the molecule is Cc1noc(C)c1NC(=O)N(C)C[C@H]1Oc2ccc(NC(=O)Cc3cn(C)c4ccccc34)cc2C(=O)N([C@H](C)CO)C[C@@H]1C. The predicted octanol–water partition coefficient (Wildman–Crippen LogP) is 4.35. The predicted molar refractivity (Wildman–Crippen MR) is 170 cm³/mol. The summed E-state index contributed by atoms with van der Waals surface area (Å²) in [5, 5.41) is 20.7. The average molecular weight is 617 g/mol. The molecule has 4 aromatic rings. The molecule has 45 heavy (non-hydrogen) atoms. The molecule has 0 bridgehead atoms. The minimum absolute atomic E-state index is 0.165. The zero-order valence-electron chi connectivity index (χ0n) is 26.5. The van der Waals surface area contributed by atoms with Gasteiger partial charge in [-0.2, -0.15) is 0 Å².